The Morgan fingerprint density at radius 1 is 1.44 bits per heavy atom. The van der Waals surface area contributed by atoms with Crippen molar-refractivity contribution >= 4 is 11.3 Å². The van der Waals surface area contributed by atoms with Crippen molar-refractivity contribution in [1.82, 2.24) is 10.3 Å². The number of thiazole rings is 1. The molecule has 94 valence electrons. The minimum absolute atomic E-state index is 0.813. The van der Waals surface area contributed by atoms with Gasteiger partial charge in [-0.25, -0.2) is 4.98 Å². The van der Waals surface area contributed by atoms with Crippen LogP contribution in [-0.2, 0) is 13.0 Å². The first-order chi connectivity index (χ1) is 8.86. The summed E-state index contributed by atoms with van der Waals surface area (Å²) >= 11 is 1.76. The van der Waals surface area contributed by atoms with Crippen LogP contribution in [0.2, 0.25) is 0 Å². The van der Waals surface area contributed by atoms with E-state index >= 15 is 0 Å². The molecule has 4 heteroatoms. The summed E-state index contributed by atoms with van der Waals surface area (Å²) in [6, 6.07) is 6.42. The minimum Gasteiger partial charge on any atom is -0.493 e. The summed E-state index contributed by atoms with van der Waals surface area (Å²) in [6.45, 7) is 4.75. The van der Waals surface area contributed by atoms with Gasteiger partial charge in [-0.2, -0.15) is 0 Å². The van der Waals surface area contributed by atoms with Crippen molar-refractivity contribution in [3.63, 3.8) is 0 Å². The topological polar surface area (TPSA) is 34.2 Å². The predicted octanol–water partition coefficient (Wildman–Crippen LogP) is 2.85. The van der Waals surface area contributed by atoms with Crippen molar-refractivity contribution in [2.45, 2.75) is 19.9 Å². The van der Waals surface area contributed by atoms with Crippen LogP contribution < -0.4 is 10.1 Å². The number of hydrogen-bond acceptors (Lipinski definition) is 4. The number of nitrogens with one attached hydrogen (secondary N) is 1. The number of rotatable bonds is 4. The molecule has 3 nitrogen and oxygen atoms in total. The van der Waals surface area contributed by atoms with E-state index in [0.29, 0.717) is 0 Å². The predicted molar refractivity (Wildman–Crippen MR) is 74.1 cm³/mol. The number of nitrogens with zero attached hydrogens (tertiary/aromatic N) is 1. The van der Waals surface area contributed by atoms with Gasteiger partial charge in [0, 0.05) is 19.2 Å². The van der Waals surface area contributed by atoms with Crippen LogP contribution in [0.1, 0.15) is 17.5 Å². The molecular formula is C14H16N2OS. The fourth-order valence-corrected chi connectivity index (χ4v) is 2.98. The first kappa shape index (κ1) is 11.7. The highest BCUT2D eigenvalue weighted by Crippen LogP contribution is 2.32. The van der Waals surface area contributed by atoms with E-state index in [-0.39, 0.29) is 0 Å². The lowest BCUT2D eigenvalue weighted by Gasteiger charge is -2.01. The van der Waals surface area contributed by atoms with Gasteiger partial charge in [0.05, 0.1) is 11.5 Å². The Morgan fingerprint density at radius 3 is 3.28 bits per heavy atom. The summed E-state index contributed by atoms with van der Waals surface area (Å²) in [6.07, 6.45) is 2.99. The number of aromatic nitrogens is 1. The average Bonchev–Trinajstić information content (AvgIpc) is 3.04. The molecule has 1 aliphatic rings. The van der Waals surface area contributed by atoms with Crippen LogP contribution in [0, 0.1) is 0 Å². The maximum Gasteiger partial charge on any atom is 0.122 e. The van der Waals surface area contributed by atoms with Crippen molar-refractivity contribution in [3.05, 3.63) is 35.0 Å². The first-order valence-electron chi connectivity index (χ1n) is 6.28. The van der Waals surface area contributed by atoms with Crippen molar-refractivity contribution in [1.29, 1.82) is 0 Å². The van der Waals surface area contributed by atoms with Gasteiger partial charge in [0.15, 0.2) is 0 Å². The Labute approximate surface area is 111 Å². The van der Waals surface area contributed by atoms with Crippen molar-refractivity contribution < 1.29 is 4.74 Å². The van der Waals surface area contributed by atoms with Crippen LogP contribution in [0.15, 0.2) is 24.4 Å². The van der Waals surface area contributed by atoms with E-state index in [2.05, 4.69) is 35.4 Å². The molecule has 2 aromatic rings. The Bertz CT molecular complexity index is 550. The lowest BCUT2D eigenvalue weighted by atomic mass is 10.1. The van der Waals surface area contributed by atoms with E-state index in [1.54, 1.807) is 11.3 Å². The SMILES string of the molecule is CCNCc1ncc(-c2ccc3c(c2)CCO3)s1. The lowest BCUT2D eigenvalue weighted by molar-refractivity contribution is 0.357. The van der Waals surface area contributed by atoms with E-state index in [0.717, 1.165) is 36.9 Å². The highest BCUT2D eigenvalue weighted by atomic mass is 32.1. The zero-order valence-corrected chi connectivity index (χ0v) is 11.2. The second-order valence-corrected chi connectivity index (χ2v) is 5.43. The molecule has 0 saturated carbocycles. The van der Waals surface area contributed by atoms with Gasteiger partial charge >= 0.3 is 0 Å². The summed E-state index contributed by atoms with van der Waals surface area (Å²) < 4.78 is 5.53. The van der Waals surface area contributed by atoms with Gasteiger partial charge in [0.2, 0.25) is 0 Å². The normalized spacial score (nSPS) is 13.4. The largest absolute Gasteiger partial charge is 0.493 e. The summed E-state index contributed by atoms with van der Waals surface area (Å²) in [5.41, 5.74) is 2.56. The molecule has 18 heavy (non-hydrogen) atoms. The Morgan fingerprint density at radius 2 is 2.39 bits per heavy atom. The van der Waals surface area contributed by atoms with Gasteiger partial charge in [-0.1, -0.05) is 6.92 Å². The molecule has 1 aliphatic heterocycles. The third-order valence-electron chi connectivity index (χ3n) is 3.05. The Hall–Kier alpha value is -1.39. The molecule has 3 rings (SSSR count). The molecule has 0 spiro atoms. The average molecular weight is 260 g/mol. The van der Waals surface area contributed by atoms with Crippen LogP contribution in [0.5, 0.6) is 5.75 Å². The number of fused-ring (bicyclic) bond motifs is 1. The first-order valence-corrected chi connectivity index (χ1v) is 7.10. The smallest absolute Gasteiger partial charge is 0.122 e. The molecule has 0 radical (unpaired) electrons. The molecule has 2 heterocycles. The molecule has 0 fully saturated rings. The summed E-state index contributed by atoms with van der Waals surface area (Å²) in [7, 11) is 0. The highest BCUT2D eigenvalue weighted by molar-refractivity contribution is 7.15. The minimum atomic E-state index is 0.813. The highest BCUT2D eigenvalue weighted by Gasteiger charge is 2.13. The van der Waals surface area contributed by atoms with E-state index in [4.69, 9.17) is 4.74 Å². The van der Waals surface area contributed by atoms with E-state index in [1.807, 2.05) is 6.20 Å². The van der Waals surface area contributed by atoms with Gasteiger partial charge in [0.25, 0.3) is 0 Å². The molecule has 1 aromatic carbocycles. The van der Waals surface area contributed by atoms with Crippen LogP contribution in [0.25, 0.3) is 10.4 Å². The zero-order chi connectivity index (χ0) is 12.4. The third kappa shape index (κ3) is 2.26. The number of benzene rings is 1. The van der Waals surface area contributed by atoms with Gasteiger partial charge in [-0.3, -0.25) is 0 Å². The van der Waals surface area contributed by atoms with Crippen LogP contribution in [0.3, 0.4) is 0 Å². The van der Waals surface area contributed by atoms with Gasteiger partial charge in [-0.05, 0) is 35.9 Å². The fraction of sp³-hybridized carbons (Fsp3) is 0.357. The van der Waals surface area contributed by atoms with Gasteiger partial charge in [0.1, 0.15) is 10.8 Å². The number of ether oxygens (including phenoxy) is 1. The van der Waals surface area contributed by atoms with Crippen LogP contribution in [-0.4, -0.2) is 18.1 Å². The lowest BCUT2D eigenvalue weighted by Crippen LogP contribution is -2.11. The molecular weight excluding hydrogens is 244 g/mol. The van der Waals surface area contributed by atoms with Crippen LogP contribution >= 0.6 is 11.3 Å². The molecule has 0 unspecified atom stereocenters. The van der Waals surface area contributed by atoms with Crippen molar-refractivity contribution in [2.24, 2.45) is 0 Å². The molecule has 0 atom stereocenters. The van der Waals surface area contributed by atoms with Gasteiger partial charge in [-0.15, -0.1) is 11.3 Å². The Balaban J connectivity index is 1.83. The molecule has 1 N–H and O–H groups in total. The maximum absolute atomic E-state index is 5.53. The zero-order valence-electron chi connectivity index (χ0n) is 10.4. The summed E-state index contributed by atoms with van der Waals surface area (Å²) in [4.78, 5) is 5.68. The quantitative estimate of drug-likeness (QED) is 0.918. The Kier molecular flexibility index (Phi) is 3.30. The van der Waals surface area contributed by atoms with Crippen molar-refractivity contribution in [3.8, 4) is 16.2 Å². The standard InChI is InChI=1S/C14H16N2OS/c1-2-15-9-14-16-8-13(18-14)11-3-4-12-10(7-11)5-6-17-12/h3-4,7-8,15H,2,5-6,9H2,1H3. The van der Waals surface area contributed by atoms with Crippen molar-refractivity contribution in [2.75, 3.05) is 13.2 Å². The molecule has 0 aliphatic carbocycles. The van der Waals surface area contributed by atoms with E-state index in [9.17, 15) is 0 Å². The summed E-state index contributed by atoms with van der Waals surface area (Å²) in [5, 5.41) is 4.44. The second kappa shape index (κ2) is 5.08. The second-order valence-electron chi connectivity index (χ2n) is 4.32. The molecule has 0 bridgehead atoms. The van der Waals surface area contributed by atoms with Crippen LogP contribution in [0.4, 0.5) is 0 Å². The molecule has 0 saturated heterocycles. The fourth-order valence-electron chi connectivity index (χ4n) is 2.10. The van der Waals surface area contributed by atoms with Gasteiger partial charge < -0.3 is 10.1 Å². The molecule has 0 amide bonds. The van der Waals surface area contributed by atoms with E-state index < -0.39 is 0 Å². The van der Waals surface area contributed by atoms with E-state index in [1.165, 1.54) is 16.0 Å². The maximum atomic E-state index is 5.53. The molecule has 1 aromatic heterocycles. The monoisotopic (exact) mass is 260 g/mol. The third-order valence-corrected chi connectivity index (χ3v) is 4.10. The number of hydrogen-bond donors (Lipinski definition) is 1. The summed E-state index contributed by atoms with van der Waals surface area (Å²) in [5.74, 6) is 1.04.